The average molecular weight is 369 g/mol. The first-order valence-electron chi connectivity index (χ1n) is 8.40. The fraction of sp³-hybridized carbons (Fsp3) is 0.500. The zero-order valence-corrected chi connectivity index (χ0v) is 15.3. The van der Waals surface area contributed by atoms with Crippen LogP contribution in [-0.4, -0.2) is 54.1 Å². The van der Waals surface area contributed by atoms with E-state index >= 15 is 0 Å². The Morgan fingerprint density at radius 1 is 1.27 bits per heavy atom. The zero-order valence-electron chi connectivity index (χ0n) is 15.3. The number of anilines is 2. The molecular weight excluding hydrogens is 344 g/mol. The number of carbonyl (C=O) groups excluding carboxylic acids is 1. The van der Waals surface area contributed by atoms with E-state index in [0.717, 1.165) is 12.1 Å². The first kappa shape index (κ1) is 20.0. The van der Waals surface area contributed by atoms with Crippen molar-refractivity contribution in [1.82, 2.24) is 4.90 Å². The van der Waals surface area contributed by atoms with E-state index in [1.165, 1.54) is 11.0 Å². The Balaban J connectivity index is 2.05. The molecule has 1 aliphatic rings. The molecule has 8 heteroatoms. The maximum Gasteiger partial charge on any atom is 0.410 e. The van der Waals surface area contributed by atoms with Crippen molar-refractivity contribution in [3.8, 4) is 0 Å². The summed E-state index contributed by atoms with van der Waals surface area (Å²) >= 11 is 0. The highest BCUT2D eigenvalue weighted by molar-refractivity contribution is 5.69. The lowest BCUT2D eigenvalue weighted by molar-refractivity contribution is 0.0240. The summed E-state index contributed by atoms with van der Waals surface area (Å²) in [6.07, 6.45) is -0.326. The normalized spacial score (nSPS) is 16.2. The van der Waals surface area contributed by atoms with E-state index in [4.69, 9.17) is 4.74 Å². The average Bonchev–Trinajstić information content (AvgIpc) is 2.53. The molecule has 0 spiro atoms. The number of nitrogens with one attached hydrogen (secondary N) is 1. The third-order valence-electron chi connectivity index (χ3n) is 3.80. The summed E-state index contributed by atoms with van der Waals surface area (Å²) in [7, 11) is 0. The number of halogens is 2. The molecule has 2 N–H and O–H groups in total. The van der Waals surface area contributed by atoms with Crippen molar-refractivity contribution >= 4 is 17.5 Å². The highest BCUT2D eigenvalue weighted by Crippen LogP contribution is 2.28. The van der Waals surface area contributed by atoms with Gasteiger partial charge in [-0.2, -0.15) is 0 Å². The number of nitrogens with zero attached hydrogens (tertiary/aromatic N) is 2. The largest absolute Gasteiger partial charge is 0.444 e. The minimum Gasteiger partial charge on any atom is -0.444 e. The van der Waals surface area contributed by atoms with Crippen molar-refractivity contribution in [2.75, 3.05) is 36.4 Å². The molecule has 1 aliphatic heterocycles. The van der Waals surface area contributed by atoms with E-state index in [0.29, 0.717) is 13.1 Å². The lowest BCUT2D eigenvalue weighted by atomic mass is 10.2. The summed E-state index contributed by atoms with van der Waals surface area (Å²) < 4.78 is 34.1. The minimum atomic E-state index is -1.10. The summed E-state index contributed by atoms with van der Waals surface area (Å²) in [5, 5.41) is 12.0. The predicted octanol–water partition coefficient (Wildman–Crippen LogP) is 2.94. The number of aliphatic hydroxyl groups excluding tert-OH is 1. The fourth-order valence-corrected chi connectivity index (χ4v) is 2.62. The second kappa shape index (κ2) is 7.90. The Labute approximate surface area is 152 Å². The number of ether oxygens (including phenoxy) is 1. The summed E-state index contributed by atoms with van der Waals surface area (Å²) in [5.41, 5.74) is -0.623. The van der Waals surface area contributed by atoms with Crippen LogP contribution in [0.3, 0.4) is 0 Å². The summed E-state index contributed by atoms with van der Waals surface area (Å²) in [5.74, 6) is -1.48. The van der Waals surface area contributed by atoms with E-state index in [1.807, 2.05) is 0 Å². The van der Waals surface area contributed by atoms with Crippen LogP contribution in [0.2, 0.25) is 0 Å². The molecule has 1 heterocycles. The summed E-state index contributed by atoms with van der Waals surface area (Å²) in [6.45, 7) is 9.92. The van der Waals surface area contributed by atoms with E-state index in [2.05, 4.69) is 11.9 Å². The van der Waals surface area contributed by atoms with Crippen molar-refractivity contribution in [2.45, 2.75) is 32.6 Å². The van der Waals surface area contributed by atoms with Gasteiger partial charge in [0.25, 0.3) is 0 Å². The van der Waals surface area contributed by atoms with Gasteiger partial charge < -0.3 is 25.0 Å². The van der Waals surface area contributed by atoms with Gasteiger partial charge in [0.1, 0.15) is 17.5 Å². The Bertz CT molecular complexity index is 645. The van der Waals surface area contributed by atoms with Crippen molar-refractivity contribution < 1.29 is 23.4 Å². The molecule has 1 fully saturated rings. The van der Waals surface area contributed by atoms with Crippen LogP contribution in [-0.2, 0) is 4.74 Å². The third kappa shape index (κ3) is 5.08. The maximum atomic E-state index is 14.4. The molecule has 1 saturated heterocycles. The lowest BCUT2D eigenvalue weighted by Gasteiger charge is -2.37. The van der Waals surface area contributed by atoms with Gasteiger partial charge in [-0.3, -0.25) is 0 Å². The molecule has 1 amide bonds. The number of carbonyl (C=O) groups is 1. The molecule has 0 bridgehead atoms. The monoisotopic (exact) mass is 369 g/mol. The highest BCUT2D eigenvalue weighted by Gasteiger charge is 2.28. The second-order valence-corrected chi connectivity index (χ2v) is 7.07. The van der Waals surface area contributed by atoms with E-state index in [1.54, 1.807) is 25.7 Å². The summed E-state index contributed by atoms with van der Waals surface area (Å²) in [6, 6.07) is 2.23. The molecule has 1 unspecified atom stereocenters. The Kier molecular flexibility index (Phi) is 6.07. The van der Waals surface area contributed by atoms with Gasteiger partial charge >= 0.3 is 6.09 Å². The second-order valence-electron chi connectivity index (χ2n) is 7.07. The van der Waals surface area contributed by atoms with Gasteiger partial charge in [0.15, 0.2) is 11.6 Å². The highest BCUT2D eigenvalue weighted by atomic mass is 19.1. The number of aliphatic hydroxyl groups is 1. The molecule has 26 heavy (non-hydrogen) atoms. The molecule has 1 aromatic carbocycles. The van der Waals surface area contributed by atoms with Crippen LogP contribution in [0.25, 0.3) is 0 Å². The third-order valence-corrected chi connectivity index (χ3v) is 3.80. The Hall–Kier alpha value is -2.35. The molecule has 0 aliphatic carbocycles. The number of hydrogen-bond acceptors (Lipinski definition) is 5. The van der Waals surface area contributed by atoms with Gasteiger partial charge in [-0.25, -0.2) is 13.6 Å². The van der Waals surface area contributed by atoms with Gasteiger partial charge in [0, 0.05) is 31.9 Å². The van der Waals surface area contributed by atoms with Gasteiger partial charge in [-0.1, -0.05) is 6.58 Å². The minimum absolute atomic E-state index is 0.114. The standard InChI is InChI=1S/C18H25F2N3O3/c1-5-15(24)21-12-10-13(19)16(14(20)11-12)22-6-8-23(9-7-22)17(25)26-18(2,3)4/h5,10-11,15,21,24H,1,6-9H2,2-4H3. The molecule has 6 nitrogen and oxygen atoms in total. The Morgan fingerprint density at radius 3 is 2.27 bits per heavy atom. The first-order valence-corrected chi connectivity index (χ1v) is 8.40. The van der Waals surface area contributed by atoms with Gasteiger partial charge in [0.2, 0.25) is 0 Å². The van der Waals surface area contributed by atoms with Crippen LogP contribution in [0, 0.1) is 11.6 Å². The molecule has 0 aromatic heterocycles. The number of benzene rings is 1. The number of amides is 1. The van der Waals surface area contributed by atoms with Crippen molar-refractivity contribution in [2.24, 2.45) is 0 Å². The van der Waals surface area contributed by atoms with Gasteiger partial charge in [-0.05, 0) is 39.0 Å². The molecule has 1 atom stereocenters. The van der Waals surface area contributed by atoms with Gasteiger partial charge in [-0.15, -0.1) is 0 Å². The topological polar surface area (TPSA) is 65.0 Å². The van der Waals surface area contributed by atoms with Crippen LogP contribution in [0.1, 0.15) is 20.8 Å². The Morgan fingerprint density at radius 2 is 1.81 bits per heavy atom. The van der Waals surface area contributed by atoms with Crippen LogP contribution in [0.5, 0.6) is 0 Å². The maximum absolute atomic E-state index is 14.4. The number of hydrogen-bond donors (Lipinski definition) is 2. The van der Waals surface area contributed by atoms with Crippen molar-refractivity contribution in [3.63, 3.8) is 0 Å². The molecular formula is C18H25F2N3O3. The number of rotatable bonds is 4. The molecule has 0 radical (unpaired) electrons. The van der Waals surface area contributed by atoms with Crippen molar-refractivity contribution in [1.29, 1.82) is 0 Å². The van der Waals surface area contributed by atoms with Crippen LogP contribution >= 0.6 is 0 Å². The molecule has 1 aromatic rings. The molecule has 144 valence electrons. The zero-order chi connectivity index (χ0) is 19.5. The van der Waals surface area contributed by atoms with E-state index in [-0.39, 0.29) is 24.5 Å². The van der Waals surface area contributed by atoms with Crippen LogP contribution in [0.4, 0.5) is 25.0 Å². The van der Waals surface area contributed by atoms with E-state index in [9.17, 15) is 18.7 Å². The van der Waals surface area contributed by atoms with Gasteiger partial charge in [0.05, 0.1) is 0 Å². The fourth-order valence-electron chi connectivity index (χ4n) is 2.62. The first-order chi connectivity index (χ1) is 12.1. The smallest absolute Gasteiger partial charge is 0.410 e. The predicted molar refractivity (Wildman–Crippen MR) is 96.2 cm³/mol. The summed E-state index contributed by atoms with van der Waals surface area (Å²) in [4.78, 5) is 15.1. The van der Waals surface area contributed by atoms with Crippen LogP contribution < -0.4 is 10.2 Å². The van der Waals surface area contributed by atoms with Crippen LogP contribution in [0.15, 0.2) is 24.8 Å². The van der Waals surface area contributed by atoms with E-state index < -0.39 is 29.6 Å². The lowest BCUT2D eigenvalue weighted by Crippen LogP contribution is -2.50. The molecule has 0 saturated carbocycles. The SMILES string of the molecule is C=CC(O)Nc1cc(F)c(N2CCN(C(=O)OC(C)(C)C)CC2)c(F)c1. The quantitative estimate of drug-likeness (QED) is 0.631. The molecule has 2 rings (SSSR count). The van der Waals surface area contributed by atoms with Crippen molar-refractivity contribution in [3.05, 3.63) is 36.4 Å². The number of piperazine rings is 1.